The minimum atomic E-state index is 0.269. The molecule has 1 aliphatic rings. The predicted octanol–water partition coefficient (Wildman–Crippen LogP) is 1.47. The van der Waals surface area contributed by atoms with Gasteiger partial charge in [0.2, 0.25) is 0 Å². The Balaban J connectivity index is 2.51. The summed E-state index contributed by atoms with van der Waals surface area (Å²) in [5.41, 5.74) is 0. The standard InChI is InChI=1S/C6H10OS/c1-4-3-6(7)5(2)8-4/h4-5H,3H2,1-2H3. The van der Waals surface area contributed by atoms with E-state index >= 15 is 0 Å². The number of thioether (sulfide) groups is 1. The Kier molecular flexibility index (Phi) is 1.61. The van der Waals surface area contributed by atoms with Crippen molar-refractivity contribution in [3.63, 3.8) is 0 Å². The van der Waals surface area contributed by atoms with Gasteiger partial charge in [-0.2, -0.15) is 0 Å². The number of Topliss-reactive ketones (excluding diaryl/α,β-unsaturated/α-hetero) is 1. The van der Waals surface area contributed by atoms with Gasteiger partial charge in [-0.15, -0.1) is 11.8 Å². The van der Waals surface area contributed by atoms with Crippen LogP contribution < -0.4 is 0 Å². The fourth-order valence-electron chi connectivity index (χ4n) is 0.922. The minimum absolute atomic E-state index is 0.269. The fraction of sp³-hybridized carbons (Fsp3) is 0.833. The van der Waals surface area contributed by atoms with Crippen molar-refractivity contribution in [1.29, 1.82) is 0 Å². The third-order valence-electron chi connectivity index (χ3n) is 1.38. The van der Waals surface area contributed by atoms with Gasteiger partial charge in [-0.25, -0.2) is 0 Å². The maximum absolute atomic E-state index is 10.8. The summed E-state index contributed by atoms with van der Waals surface area (Å²) >= 11 is 1.78. The molecule has 0 aromatic rings. The third-order valence-corrected chi connectivity index (χ3v) is 2.68. The number of ketones is 1. The summed E-state index contributed by atoms with van der Waals surface area (Å²) in [7, 11) is 0. The van der Waals surface area contributed by atoms with Crippen LogP contribution in [-0.4, -0.2) is 16.3 Å². The molecule has 0 aromatic heterocycles. The van der Waals surface area contributed by atoms with Crippen LogP contribution in [0.4, 0.5) is 0 Å². The van der Waals surface area contributed by atoms with Crippen molar-refractivity contribution in [2.75, 3.05) is 0 Å². The lowest BCUT2D eigenvalue weighted by Gasteiger charge is -1.95. The quantitative estimate of drug-likeness (QED) is 0.494. The monoisotopic (exact) mass is 130 g/mol. The fourth-order valence-corrected chi connectivity index (χ4v) is 2.13. The van der Waals surface area contributed by atoms with Crippen LogP contribution in [0.3, 0.4) is 0 Å². The Labute approximate surface area is 53.8 Å². The molecule has 8 heavy (non-hydrogen) atoms. The summed E-state index contributed by atoms with van der Waals surface area (Å²) in [6.07, 6.45) is 0.784. The zero-order valence-corrected chi connectivity index (χ0v) is 5.99. The van der Waals surface area contributed by atoms with E-state index in [2.05, 4.69) is 6.92 Å². The first-order valence-electron chi connectivity index (χ1n) is 2.88. The summed E-state index contributed by atoms with van der Waals surface area (Å²) in [6, 6.07) is 0. The van der Waals surface area contributed by atoms with Gasteiger partial charge < -0.3 is 0 Å². The lowest BCUT2D eigenvalue weighted by atomic mass is 10.2. The molecule has 1 rings (SSSR count). The van der Waals surface area contributed by atoms with E-state index in [0.717, 1.165) is 6.42 Å². The Morgan fingerprint density at radius 1 is 1.62 bits per heavy atom. The number of carbonyl (C=O) groups is 1. The highest BCUT2D eigenvalue weighted by Crippen LogP contribution is 2.29. The maximum atomic E-state index is 10.8. The second-order valence-corrected chi connectivity index (χ2v) is 4.04. The largest absolute Gasteiger partial charge is 0.298 e. The number of hydrogen-bond acceptors (Lipinski definition) is 2. The van der Waals surface area contributed by atoms with Crippen LogP contribution in [0.25, 0.3) is 0 Å². The molecule has 0 amide bonds. The number of rotatable bonds is 0. The normalized spacial score (nSPS) is 38.5. The first-order chi connectivity index (χ1) is 3.70. The molecular formula is C6H10OS. The van der Waals surface area contributed by atoms with Crippen molar-refractivity contribution >= 4 is 17.5 Å². The summed E-state index contributed by atoms with van der Waals surface area (Å²) in [5, 5.41) is 0.836. The Bertz CT molecular complexity index is 111. The zero-order valence-electron chi connectivity index (χ0n) is 5.18. The highest BCUT2D eigenvalue weighted by molar-refractivity contribution is 8.01. The van der Waals surface area contributed by atoms with Crippen LogP contribution in [-0.2, 0) is 4.79 Å². The molecule has 1 fully saturated rings. The van der Waals surface area contributed by atoms with E-state index in [0.29, 0.717) is 11.0 Å². The van der Waals surface area contributed by atoms with Gasteiger partial charge in [-0.1, -0.05) is 6.92 Å². The molecule has 2 heteroatoms. The zero-order chi connectivity index (χ0) is 6.15. The van der Waals surface area contributed by atoms with Gasteiger partial charge >= 0.3 is 0 Å². The molecule has 46 valence electrons. The van der Waals surface area contributed by atoms with Crippen molar-refractivity contribution < 1.29 is 4.79 Å². The van der Waals surface area contributed by atoms with Gasteiger partial charge in [0.1, 0.15) is 5.78 Å². The summed E-state index contributed by atoms with van der Waals surface area (Å²) in [6.45, 7) is 4.09. The molecule has 1 saturated heterocycles. The lowest BCUT2D eigenvalue weighted by Crippen LogP contribution is -2.03. The molecular weight excluding hydrogens is 120 g/mol. The Morgan fingerprint density at radius 3 is 2.38 bits per heavy atom. The molecule has 0 aliphatic carbocycles. The van der Waals surface area contributed by atoms with E-state index in [4.69, 9.17) is 0 Å². The SMILES string of the molecule is CC1CC(=O)C(C)S1. The summed E-state index contributed by atoms with van der Waals surface area (Å²) in [5.74, 6) is 0.419. The van der Waals surface area contributed by atoms with Gasteiger partial charge in [0, 0.05) is 11.7 Å². The van der Waals surface area contributed by atoms with Gasteiger partial charge in [-0.05, 0) is 6.92 Å². The third kappa shape index (κ3) is 1.05. The van der Waals surface area contributed by atoms with Crippen LogP contribution in [0.1, 0.15) is 20.3 Å². The smallest absolute Gasteiger partial charge is 0.146 e. The maximum Gasteiger partial charge on any atom is 0.146 e. The van der Waals surface area contributed by atoms with E-state index in [1.807, 2.05) is 6.92 Å². The van der Waals surface area contributed by atoms with Gasteiger partial charge in [-0.3, -0.25) is 4.79 Å². The van der Waals surface area contributed by atoms with Crippen LogP contribution in [0.2, 0.25) is 0 Å². The molecule has 0 spiro atoms. The summed E-state index contributed by atoms with van der Waals surface area (Å²) in [4.78, 5) is 10.8. The topological polar surface area (TPSA) is 17.1 Å². The van der Waals surface area contributed by atoms with Crippen molar-refractivity contribution in [3.05, 3.63) is 0 Å². The molecule has 2 atom stereocenters. The number of carbonyl (C=O) groups excluding carboxylic acids is 1. The van der Waals surface area contributed by atoms with Crippen molar-refractivity contribution in [3.8, 4) is 0 Å². The Morgan fingerprint density at radius 2 is 2.25 bits per heavy atom. The molecule has 2 unspecified atom stereocenters. The molecule has 1 nitrogen and oxygen atoms in total. The highest BCUT2D eigenvalue weighted by Gasteiger charge is 2.25. The van der Waals surface area contributed by atoms with Gasteiger partial charge in [0.15, 0.2) is 0 Å². The second-order valence-electron chi connectivity index (χ2n) is 2.26. The summed E-state index contributed by atoms with van der Waals surface area (Å²) < 4.78 is 0. The lowest BCUT2D eigenvalue weighted by molar-refractivity contribution is -0.117. The first-order valence-corrected chi connectivity index (χ1v) is 3.82. The first kappa shape index (κ1) is 6.14. The average molecular weight is 130 g/mol. The second kappa shape index (κ2) is 2.09. The molecule has 0 bridgehead atoms. The molecule has 0 N–H and O–H groups in total. The van der Waals surface area contributed by atoms with Crippen LogP contribution in [0.5, 0.6) is 0 Å². The molecule has 1 aliphatic heterocycles. The van der Waals surface area contributed by atoms with Crippen LogP contribution in [0.15, 0.2) is 0 Å². The molecule has 0 aromatic carbocycles. The molecule has 1 heterocycles. The van der Waals surface area contributed by atoms with Crippen LogP contribution >= 0.6 is 11.8 Å². The van der Waals surface area contributed by atoms with E-state index < -0.39 is 0 Å². The number of hydrogen-bond donors (Lipinski definition) is 0. The average Bonchev–Trinajstić information content (AvgIpc) is 1.85. The van der Waals surface area contributed by atoms with Crippen LogP contribution in [0, 0.1) is 0 Å². The van der Waals surface area contributed by atoms with E-state index in [1.54, 1.807) is 11.8 Å². The Hall–Kier alpha value is 0.0200. The van der Waals surface area contributed by atoms with E-state index in [1.165, 1.54) is 0 Å². The minimum Gasteiger partial charge on any atom is -0.298 e. The van der Waals surface area contributed by atoms with E-state index in [-0.39, 0.29) is 5.25 Å². The molecule has 0 saturated carbocycles. The van der Waals surface area contributed by atoms with Crippen molar-refractivity contribution in [1.82, 2.24) is 0 Å². The van der Waals surface area contributed by atoms with Crippen molar-refractivity contribution in [2.45, 2.75) is 30.8 Å². The molecule has 0 radical (unpaired) electrons. The van der Waals surface area contributed by atoms with Crippen molar-refractivity contribution in [2.24, 2.45) is 0 Å². The van der Waals surface area contributed by atoms with Gasteiger partial charge in [0.05, 0.1) is 5.25 Å². The predicted molar refractivity (Wildman–Crippen MR) is 36.1 cm³/mol. The highest BCUT2D eigenvalue weighted by atomic mass is 32.2. The van der Waals surface area contributed by atoms with E-state index in [9.17, 15) is 4.79 Å². The van der Waals surface area contributed by atoms with Gasteiger partial charge in [0.25, 0.3) is 0 Å².